The molecule has 0 aromatic heterocycles. The first kappa shape index (κ1) is 15.6. The maximum Gasteiger partial charge on any atom is 0.251 e. The zero-order chi connectivity index (χ0) is 15.4. The minimum Gasteiger partial charge on any atom is -0.397 e. The number of benzene rings is 1. The second-order valence-corrected chi connectivity index (χ2v) is 5.56. The molecule has 1 saturated heterocycles. The van der Waals surface area contributed by atoms with Crippen LogP contribution in [-0.4, -0.2) is 49.6 Å². The van der Waals surface area contributed by atoms with Crippen LogP contribution < -0.4 is 16.0 Å². The van der Waals surface area contributed by atoms with Gasteiger partial charge in [-0.1, -0.05) is 6.92 Å². The molecule has 5 heteroatoms. The van der Waals surface area contributed by atoms with Crippen LogP contribution in [0, 0.1) is 0 Å². The van der Waals surface area contributed by atoms with Gasteiger partial charge < -0.3 is 16.0 Å². The lowest BCUT2D eigenvalue weighted by Gasteiger charge is -2.41. The van der Waals surface area contributed by atoms with Crippen molar-refractivity contribution in [2.45, 2.75) is 26.8 Å². The molecule has 0 saturated carbocycles. The second kappa shape index (κ2) is 6.80. The van der Waals surface area contributed by atoms with Gasteiger partial charge in [0.2, 0.25) is 0 Å². The molecule has 0 aliphatic carbocycles. The van der Waals surface area contributed by atoms with Crippen LogP contribution in [0.1, 0.15) is 31.1 Å². The number of piperazine rings is 1. The molecular formula is C16H26N4O. The first-order valence-corrected chi connectivity index (χ1v) is 7.73. The van der Waals surface area contributed by atoms with Crippen molar-refractivity contribution in [3.05, 3.63) is 23.8 Å². The largest absolute Gasteiger partial charge is 0.397 e. The number of nitrogens with one attached hydrogen (secondary N) is 1. The van der Waals surface area contributed by atoms with Gasteiger partial charge in [-0.25, -0.2) is 0 Å². The summed E-state index contributed by atoms with van der Waals surface area (Å²) in [4.78, 5) is 16.7. The summed E-state index contributed by atoms with van der Waals surface area (Å²) in [7, 11) is 0. The topological polar surface area (TPSA) is 61.6 Å². The van der Waals surface area contributed by atoms with E-state index in [2.05, 4.69) is 29.0 Å². The highest BCUT2D eigenvalue weighted by molar-refractivity contribution is 5.96. The van der Waals surface area contributed by atoms with Gasteiger partial charge in [0, 0.05) is 37.8 Å². The van der Waals surface area contributed by atoms with Crippen LogP contribution in [0.3, 0.4) is 0 Å². The van der Waals surface area contributed by atoms with E-state index in [4.69, 9.17) is 5.73 Å². The number of carbonyl (C=O) groups is 1. The molecule has 1 aromatic carbocycles. The molecule has 3 N–H and O–H groups in total. The molecule has 1 atom stereocenters. The van der Waals surface area contributed by atoms with Crippen molar-refractivity contribution >= 4 is 17.3 Å². The molecule has 21 heavy (non-hydrogen) atoms. The molecule has 0 radical (unpaired) electrons. The number of carbonyl (C=O) groups excluding carboxylic acids is 1. The summed E-state index contributed by atoms with van der Waals surface area (Å²) in [5.74, 6) is -0.0426. The zero-order valence-electron chi connectivity index (χ0n) is 13.2. The smallest absolute Gasteiger partial charge is 0.251 e. The molecule has 1 aromatic rings. The third kappa shape index (κ3) is 3.47. The maximum absolute atomic E-state index is 12.0. The van der Waals surface area contributed by atoms with E-state index in [0.717, 1.165) is 37.6 Å². The predicted molar refractivity (Wildman–Crippen MR) is 87.8 cm³/mol. The van der Waals surface area contributed by atoms with Crippen LogP contribution in [0.4, 0.5) is 11.4 Å². The van der Waals surface area contributed by atoms with Gasteiger partial charge >= 0.3 is 0 Å². The fourth-order valence-electron chi connectivity index (χ4n) is 2.91. The number of rotatable bonds is 4. The summed E-state index contributed by atoms with van der Waals surface area (Å²) in [5.41, 5.74) is 8.50. The number of nitrogen functional groups attached to an aromatic ring is 1. The summed E-state index contributed by atoms with van der Waals surface area (Å²) < 4.78 is 0. The zero-order valence-corrected chi connectivity index (χ0v) is 13.2. The molecule has 1 aliphatic rings. The fraction of sp³-hybridized carbons (Fsp3) is 0.562. The molecule has 0 spiro atoms. The molecule has 1 amide bonds. The summed E-state index contributed by atoms with van der Waals surface area (Å²) in [6.45, 7) is 11.0. The predicted octanol–water partition coefficient (Wildman–Crippen LogP) is 1.55. The normalized spacial score (nSPS) is 19.6. The lowest BCUT2D eigenvalue weighted by atomic mass is 10.1. The quantitative estimate of drug-likeness (QED) is 0.826. The number of anilines is 2. The molecule has 1 unspecified atom stereocenters. The Labute approximate surface area is 127 Å². The number of nitrogens with zero attached hydrogens (tertiary/aromatic N) is 2. The Morgan fingerprint density at radius 1 is 1.38 bits per heavy atom. The summed E-state index contributed by atoms with van der Waals surface area (Å²) in [6.07, 6.45) is 0. The van der Waals surface area contributed by atoms with Crippen molar-refractivity contribution in [2.24, 2.45) is 0 Å². The van der Waals surface area contributed by atoms with Crippen LogP contribution >= 0.6 is 0 Å². The van der Waals surface area contributed by atoms with Crippen LogP contribution in [0.2, 0.25) is 0 Å². The van der Waals surface area contributed by atoms with E-state index in [-0.39, 0.29) is 5.91 Å². The van der Waals surface area contributed by atoms with Crippen molar-refractivity contribution < 1.29 is 4.79 Å². The van der Waals surface area contributed by atoms with E-state index in [1.165, 1.54) is 0 Å². The lowest BCUT2D eigenvalue weighted by molar-refractivity contribution is 0.0956. The molecule has 1 fully saturated rings. The number of hydrogen-bond donors (Lipinski definition) is 2. The van der Waals surface area contributed by atoms with Gasteiger partial charge in [0.25, 0.3) is 5.91 Å². The molecule has 1 heterocycles. The average Bonchev–Trinajstić information content (AvgIpc) is 2.48. The second-order valence-electron chi connectivity index (χ2n) is 5.56. The van der Waals surface area contributed by atoms with E-state index in [0.29, 0.717) is 18.2 Å². The Balaban J connectivity index is 2.19. The van der Waals surface area contributed by atoms with Crippen LogP contribution in [0.25, 0.3) is 0 Å². The Morgan fingerprint density at radius 2 is 2.14 bits per heavy atom. The van der Waals surface area contributed by atoms with E-state index in [1.54, 1.807) is 6.07 Å². The highest BCUT2D eigenvalue weighted by atomic mass is 16.1. The van der Waals surface area contributed by atoms with Crippen molar-refractivity contribution in [3.8, 4) is 0 Å². The van der Waals surface area contributed by atoms with E-state index in [9.17, 15) is 4.79 Å². The van der Waals surface area contributed by atoms with Gasteiger partial charge in [-0.15, -0.1) is 0 Å². The Hall–Kier alpha value is -1.75. The van der Waals surface area contributed by atoms with E-state index < -0.39 is 0 Å². The maximum atomic E-state index is 12.0. The number of likely N-dealkylation sites (N-methyl/N-ethyl adjacent to an activating group) is 1. The SMILES string of the molecule is CCNC(=O)c1ccc(N)c(N2CCN(CC)C(C)C2)c1. The van der Waals surface area contributed by atoms with Gasteiger partial charge in [0.05, 0.1) is 11.4 Å². The molecule has 2 rings (SSSR count). The summed E-state index contributed by atoms with van der Waals surface area (Å²) in [6, 6.07) is 6.03. The number of amides is 1. The van der Waals surface area contributed by atoms with Crippen molar-refractivity contribution in [3.63, 3.8) is 0 Å². The van der Waals surface area contributed by atoms with E-state index >= 15 is 0 Å². The third-order valence-corrected chi connectivity index (χ3v) is 4.14. The highest BCUT2D eigenvalue weighted by Crippen LogP contribution is 2.27. The average molecular weight is 290 g/mol. The van der Waals surface area contributed by atoms with Crippen molar-refractivity contribution in [1.82, 2.24) is 10.2 Å². The van der Waals surface area contributed by atoms with Gasteiger partial charge in [0.1, 0.15) is 0 Å². The van der Waals surface area contributed by atoms with Crippen LogP contribution in [0.5, 0.6) is 0 Å². The van der Waals surface area contributed by atoms with Gasteiger partial charge in [-0.05, 0) is 38.6 Å². The third-order valence-electron chi connectivity index (χ3n) is 4.14. The van der Waals surface area contributed by atoms with E-state index in [1.807, 2.05) is 19.1 Å². The minimum atomic E-state index is -0.0426. The van der Waals surface area contributed by atoms with Gasteiger partial charge in [0.15, 0.2) is 0 Å². The summed E-state index contributed by atoms with van der Waals surface area (Å²) in [5, 5.41) is 2.83. The Kier molecular flexibility index (Phi) is 5.07. The highest BCUT2D eigenvalue weighted by Gasteiger charge is 2.24. The molecule has 5 nitrogen and oxygen atoms in total. The number of nitrogens with two attached hydrogens (primary N) is 1. The Morgan fingerprint density at radius 3 is 2.76 bits per heavy atom. The molecule has 0 bridgehead atoms. The van der Waals surface area contributed by atoms with Gasteiger partial charge in [-0.2, -0.15) is 0 Å². The molecular weight excluding hydrogens is 264 g/mol. The van der Waals surface area contributed by atoms with Crippen LogP contribution in [0.15, 0.2) is 18.2 Å². The van der Waals surface area contributed by atoms with Crippen LogP contribution in [-0.2, 0) is 0 Å². The standard InChI is InChI=1S/C16H26N4O/c1-4-18-16(21)13-6-7-14(17)15(10-13)20-9-8-19(5-2)12(3)11-20/h6-7,10,12H,4-5,8-9,11,17H2,1-3H3,(H,18,21). The van der Waals surface area contributed by atoms with Gasteiger partial charge in [-0.3, -0.25) is 9.69 Å². The lowest BCUT2D eigenvalue weighted by Crippen LogP contribution is -2.51. The first-order valence-electron chi connectivity index (χ1n) is 7.73. The Bertz CT molecular complexity index is 503. The molecule has 116 valence electrons. The van der Waals surface area contributed by atoms with Crippen molar-refractivity contribution in [2.75, 3.05) is 43.4 Å². The first-order chi connectivity index (χ1) is 10.1. The fourth-order valence-corrected chi connectivity index (χ4v) is 2.91. The molecule has 1 aliphatic heterocycles. The number of hydrogen-bond acceptors (Lipinski definition) is 4. The van der Waals surface area contributed by atoms with Crippen molar-refractivity contribution in [1.29, 1.82) is 0 Å². The monoisotopic (exact) mass is 290 g/mol. The summed E-state index contributed by atoms with van der Waals surface area (Å²) >= 11 is 0. The minimum absolute atomic E-state index is 0.0426.